The lowest BCUT2D eigenvalue weighted by atomic mass is 10.1. The second-order valence-corrected chi connectivity index (χ2v) is 7.17. The monoisotopic (exact) mass is 321 g/mol. The summed E-state index contributed by atoms with van der Waals surface area (Å²) in [4.78, 5) is 4.01. The van der Waals surface area contributed by atoms with Crippen molar-refractivity contribution < 1.29 is 8.42 Å². The molecule has 1 rings (SSSR count). The van der Waals surface area contributed by atoms with Crippen molar-refractivity contribution in [1.82, 2.24) is 9.71 Å². The lowest BCUT2D eigenvalue weighted by molar-refractivity contribution is 0.476. The minimum absolute atomic E-state index is 0.470. The second-order valence-electron chi connectivity index (χ2n) is 4.50. The molecule has 2 N–H and O–H groups in total. The van der Waals surface area contributed by atoms with Gasteiger partial charge < -0.3 is 5.32 Å². The Bertz CT molecular complexity index is 488. The molecule has 0 unspecified atom stereocenters. The van der Waals surface area contributed by atoms with Crippen LogP contribution in [-0.2, 0) is 10.0 Å². The number of rotatable bonds is 5. The summed E-state index contributed by atoms with van der Waals surface area (Å²) in [6.07, 6.45) is 4.52. The van der Waals surface area contributed by atoms with E-state index >= 15 is 0 Å². The third kappa shape index (κ3) is 5.99. The van der Waals surface area contributed by atoms with Crippen molar-refractivity contribution in [2.45, 2.75) is 19.4 Å². The third-order valence-electron chi connectivity index (χ3n) is 1.90. The van der Waals surface area contributed by atoms with E-state index in [1.165, 1.54) is 0 Å². The van der Waals surface area contributed by atoms with Gasteiger partial charge in [-0.3, -0.25) is 4.98 Å². The first-order valence-electron chi connectivity index (χ1n) is 5.01. The first-order chi connectivity index (χ1) is 7.68. The molecular formula is C10H16BrN3O2S. The summed E-state index contributed by atoms with van der Waals surface area (Å²) in [6.45, 7) is 4.09. The standard InChI is InChI=1S/C10H16BrN3O2S/c1-10(2,14-17(3,15)16)7-13-9-4-8(11)5-12-6-9/h4-6,13-14H,7H2,1-3H3. The fourth-order valence-electron chi connectivity index (χ4n) is 1.37. The maximum absolute atomic E-state index is 11.2. The van der Waals surface area contributed by atoms with Gasteiger partial charge in [0.25, 0.3) is 0 Å². The minimum atomic E-state index is -3.21. The van der Waals surface area contributed by atoms with Gasteiger partial charge in [0.1, 0.15) is 0 Å². The van der Waals surface area contributed by atoms with Gasteiger partial charge in [0, 0.05) is 22.8 Å². The van der Waals surface area contributed by atoms with Gasteiger partial charge in [-0.15, -0.1) is 0 Å². The van der Waals surface area contributed by atoms with Crippen LogP contribution >= 0.6 is 15.9 Å². The largest absolute Gasteiger partial charge is 0.382 e. The van der Waals surface area contributed by atoms with Crippen molar-refractivity contribution >= 4 is 31.6 Å². The zero-order valence-corrected chi connectivity index (χ0v) is 12.4. The van der Waals surface area contributed by atoms with Crippen molar-refractivity contribution in [3.8, 4) is 0 Å². The van der Waals surface area contributed by atoms with Crippen LogP contribution in [0.5, 0.6) is 0 Å². The molecule has 17 heavy (non-hydrogen) atoms. The molecule has 1 aromatic rings. The molecule has 0 spiro atoms. The van der Waals surface area contributed by atoms with Gasteiger partial charge in [-0.25, -0.2) is 13.1 Å². The maximum atomic E-state index is 11.2. The molecule has 0 amide bonds. The lowest BCUT2D eigenvalue weighted by Gasteiger charge is -2.25. The van der Waals surface area contributed by atoms with Crippen molar-refractivity contribution in [1.29, 1.82) is 0 Å². The zero-order valence-electron chi connectivity index (χ0n) is 9.99. The summed E-state index contributed by atoms with van der Waals surface area (Å²) >= 11 is 3.32. The summed E-state index contributed by atoms with van der Waals surface area (Å²) in [5, 5.41) is 3.13. The topological polar surface area (TPSA) is 71.1 Å². The van der Waals surface area contributed by atoms with E-state index in [1.54, 1.807) is 12.4 Å². The number of hydrogen-bond acceptors (Lipinski definition) is 4. The van der Waals surface area contributed by atoms with Crippen molar-refractivity contribution in [2.24, 2.45) is 0 Å². The predicted molar refractivity (Wildman–Crippen MR) is 72.5 cm³/mol. The molecule has 0 aliphatic rings. The number of hydrogen-bond donors (Lipinski definition) is 2. The SMILES string of the molecule is CC(C)(CNc1cncc(Br)c1)NS(C)(=O)=O. The summed E-state index contributed by atoms with van der Waals surface area (Å²) < 4.78 is 25.7. The second kappa shape index (κ2) is 5.32. The van der Waals surface area contributed by atoms with Crippen LogP contribution < -0.4 is 10.0 Å². The number of aromatic nitrogens is 1. The predicted octanol–water partition coefficient (Wildman–Crippen LogP) is 1.58. The van der Waals surface area contributed by atoms with E-state index in [4.69, 9.17) is 0 Å². The molecule has 0 saturated heterocycles. The van der Waals surface area contributed by atoms with Crippen molar-refractivity contribution in [3.63, 3.8) is 0 Å². The number of sulfonamides is 1. The van der Waals surface area contributed by atoms with Crippen molar-refractivity contribution in [2.75, 3.05) is 18.1 Å². The van der Waals surface area contributed by atoms with Crippen LogP contribution in [0.3, 0.4) is 0 Å². The quantitative estimate of drug-likeness (QED) is 0.863. The fourth-order valence-corrected chi connectivity index (χ4v) is 2.81. The molecule has 5 nitrogen and oxygen atoms in total. The summed E-state index contributed by atoms with van der Waals surface area (Å²) in [5.41, 5.74) is 0.276. The van der Waals surface area contributed by atoms with Gasteiger partial charge >= 0.3 is 0 Å². The van der Waals surface area contributed by atoms with E-state index < -0.39 is 15.6 Å². The van der Waals surface area contributed by atoms with Crippen LogP contribution in [0.25, 0.3) is 0 Å². The van der Waals surface area contributed by atoms with Gasteiger partial charge in [0.15, 0.2) is 0 Å². The zero-order chi connectivity index (χ0) is 13.1. The molecule has 0 aromatic carbocycles. The highest BCUT2D eigenvalue weighted by Crippen LogP contribution is 2.14. The molecular weight excluding hydrogens is 306 g/mol. The first kappa shape index (κ1) is 14.4. The Morgan fingerprint density at radius 2 is 2.06 bits per heavy atom. The fraction of sp³-hybridized carbons (Fsp3) is 0.500. The first-order valence-corrected chi connectivity index (χ1v) is 7.70. The Labute approximate surface area is 110 Å². The number of halogens is 1. The number of nitrogens with zero attached hydrogens (tertiary/aromatic N) is 1. The minimum Gasteiger partial charge on any atom is -0.382 e. The van der Waals surface area contributed by atoms with Crippen LogP contribution in [0.2, 0.25) is 0 Å². The Balaban J connectivity index is 2.61. The normalized spacial score (nSPS) is 12.5. The molecule has 0 bridgehead atoms. The van der Waals surface area contributed by atoms with E-state index in [1.807, 2.05) is 19.9 Å². The molecule has 0 saturated carbocycles. The molecule has 0 aliphatic heterocycles. The Morgan fingerprint density at radius 1 is 1.41 bits per heavy atom. The lowest BCUT2D eigenvalue weighted by Crippen LogP contribution is -2.47. The average Bonchev–Trinajstić information content (AvgIpc) is 2.11. The van der Waals surface area contributed by atoms with Gasteiger partial charge in [-0.2, -0.15) is 0 Å². The third-order valence-corrected chi connectivity index (χ3v) is 3.26. The molecule has 0 aliphatic carbocycles. The number of anilines is 1. The molecule has 1 aromatic heterocycles. The van der Waals surface area contributed by atoms with Gasteiger partial charge in [0.2, 0.25) is 10.0 Å². The highest BCUT2D eigenvalue weighted by molar-refractivity contribution is 9.10. The summed E-state index contributed by atoms with van der Waals surface area (Å²) in [7, 11) is -3.21. The number of pyridine rings is 1. The molecule has 96 valence electrons. The Morgan fingerprint density at radius 3 is 2.59 bits per heavy atom. The van der Waals surface area contributed by atoms with Crippen LogP contribution in [-0.4, -0.2) is 31.7 Å². The van der Waals surface area contributed by atoms with E-state index in [9.17, 15) is 8.42 Å². The maximum Gasteiger partial charge on any atom is 0.209 e. The highest BCUT2D eigenvalue weighted by atomic mass is 79.9. The van der Waals surface area contributed by atoms with E-state index in [-0.39, 0.29) is 0 Å². The van der Waals surface area contributed by atoms with E-state index in [0.29, 0.717) is 6.54 Å². The molecule has 0 fully saturated rings. The molecule has 7 heteroatoms. The van der Waals surface area contributed by atoms with Gasteiger partial charge in [-0.1, -0.05) is 0 Å². The van der Waals surface area contributed by atoms with Crippen molar-refractivity contribution in [3.05, 3.63) is 22.9 Å². The Hall–Kier alpha value is -0.660. The van der Waals surface area contributed by atoms with Crippen LogP contribution in [0.4, 0.5) is 5.69 Å². The van der Waals surface area contributed by atoms with E-state index in [0.717, 1.165) is 16.4 Å². The molecule has 1 heterocycles. The van der Waals surface area contributed by atoms with Gasteiger partial charge in [0.05, 0.1) is 18.1 Å². The number of nitrogens with one attached hydrogen (secondary N) is 2. The summed E-state index contributed by atoms with van der Waals surface area (Å²) in [6, 6.07) is 1.88. The highest BCUT2D eigenvalue weighted by Gasteiger charge is 2.21. The summed E-state index contributed by atoms with van der Waals surface area (Å²) in [5.74, 6) is 0. The smallest absolute Gasteiger partial charge is 0.209 e. The van der Waals surface area contributed by atoms with Crippen LogP contribution in [0.15, 0.2) is 22.9 Å². The van der Waals surface area contributed by atoms with Crippen LogP contribution in [0, 0.1) is 0 Å². The van der Waals surface area contributed by atoms with Gasteiger partial charge in [-0.05, 0) is 35.8 Å². The van der Waals surface area contributed by atoms with E-state index in [2.05, 4.69) is 31.0 Å². The Kier molecular flexibility index (Phi) is 4.51. The van der Waals surface area contributed by atoms with Crippen LogP contribution in [0.1, 0.15) is 13.8 Å². The molecule has 0 atom stereocenters. The molecule has 0 radical (unpaired) electrons. The average molecular weight is 322 g/mol.